The molecule has 0 aromatic heterocycles. The number of aryl methyl sites for hydroxylation is 2. The molecule has 2 aromatic rings. The van der Waals surface area contributed by atoms with Gasteiger partial charge in [0.05, 0.1) is 5.56 Å². The van der Waals surface area contributed by atoms with E-state index >= 15 is 0 Å². The molecule has 2 rings (SSSR count). The number of rotatable bonds is 2. The molecule has 1 nitrogen and oxygen atoms in total. The highest BCUT2D eigenvalue weighted by Crippen LogP contribution is 2.33. The summed E-state index contributed by atoms with van der Waals surface area (Å²) >= 11 is 0. The summed E-state index contributed by atoms with van der Waals surface area (Å²) in [6.45, 7) is 3.19. The average molecular weight is 298 g/mol. The van der Waals surface area contributed by atoms with Gasteiger partial charge in [-0.15, -0.1) is 0 Å². The van der Waals surface area contributed by atoms with Crippen molar-refractivity contribution < 1.29 is 22.7 Å². The lowest BCUT2D eigenvalue weighted by Crippen LogP contribution is -2.09. The van der Waals surface area contributed by atoms with E-state index in [2.05, 4.69) is 0 Å². The maximum atomic E-state index is 13.3. The van der Waals surface area contributed by atoms with Crippen LogP contribution in [0, 0.1) is 19.7 Å². The smallest absolute Gasteiger partial charge is 0.384 e. The quantitative estimate of drug-likeness (QED) is 0.807. The van der Waals surface area contributed by atoms with Gasteiger partial charge in [0.1, 0.15) is 11.9 Å². The van der Waals surface area contributed by atoms with Crippen LogP contribution in [0.15, 0.2) is 36.4 Å². The number of hydrogen-bond acceptors (Lipinski definition) is 1. The number of aliphatic hydroxyl groups is 1. The topological polar surface area (TPSA) is 20.2 Å². The van der Waals surface area contributed by atoms with Crippen molar-refractivity contribution in [3.8, 4) is 0 Å². The third-order valence-electron chi connectivity index (χ3n) is 3.43. The van der Waals surface area contributed by atoms with Crippen LogP contribution in [0.1, 0.15) is 33.9 Å². The summed E-state index contributed by atoms with van der Waals surface area (Å²) in [5.41, 5.74) is 0.880. The second kappa shape index (κ2) is 5.48. The number of benzene rings is 2. The Morgan fingerprint density at radius 1 is 0.905 bits per heavy atom. The van der Waals surface area contributed by atoms with Gasteiger partial charge in [0, 0.05) is 0 Å². The molecule has 0 fully saturated rings. The molecule has 0 bridgehead atoms. The van der Waals surface area contributed by atoms with E-state index in [4.69, 9.17) is 0 Å². The van der Waals surface area contributed by atoms with Gasteiger partial charge in [-0.1, -0.05) is 12.1 Å². The molecular formula is C16H14F4O. The summed E-state index contributed by atoms with van der Waals surface area (Å²) in [4.78, 5) is 0. The molecule has 1 unspecified atom stereocenters. The van der Waals surface area contributed by atoms with Crippen molar-refractivity contribution in [2.45, 2.75) is 26.1 Å². The first-order valence-corrected chi connectivity index (χ1v) is 6.32. The molecular weight excluding hydrogens is 284 g/mol. The summed E-state index contributed by atoms with van der Waals surface area (Å²) in [6, 6.07) is 7.11. The van der Waals surface area contributed by atoms with Gasteiger partial charge in [-0.25, -0.2) is 4.39 Å². The zero-order chi connectivity index (χ0) is 15.8. The minimum atomic E-state index is -4.43. The number of alkyl halides is 3. The molecule has 0 aliphatic carbocycles. The van der Waals surface area contributed by atoms with Crippen LogP contribution in [0.3, 0.4) is 0 Å². The molecule has 2 aromatic carbocycles. The Morgan fingerprint density at radius 2 is 1.57 bits per heavy atom. The van der Waals surface area contributed by atoms with Gasteiger partial charge in [-0.3, -0.25) is 0 Å². The van der Waals surface area contributed by atoms with Crippen molar-refractivity contribution in [1.29, 1.82) is 0 Å². The number of halogens is 4. The van der Waals surface area contributed by atoms with E-state index in [0.717, 1.165) is 12.1 Å². The van der Waals surface area contributed by atoms with Crippen molar-refractivity contribution in [1.82, 2.24) is 0 Å². The lowest BCUT2D eigenvalue weighted by molar-refractivity contribution is -0.137. The largest absolute Gasteiger partial charge is 0.416 e. The second-order valence-electron chi connectivity index (χ2n) is 4.97. The highest BCUT2D eigenvalue weighted by atomic mass is 19.4. The zero-order valence-corrected chi connectivity index (χ0v) is 11.5. The normalized spacial score (nSPS) is 13.3. The Balaban J connectivity index is 2.44. The van der Waals surface area contributed by atoms with Gasteiger partial charge in [0.25, 0.3) is 0 Å². The van der Waals surface area contributed by atoms with Crippen LogP contribution in [0.25, 0.3) is 0 Å². The van der Waals surface area contributed by atoms with E-state index in [1.807, 2.05) is 0 Å². The summed E-state index contributed by atoms with van der Waals surface area (Å²) in [6.07, 6.45) is -5.59. The van der Waals surface area contributed by atoms with Crippen LogP contribution in [0.2, 0.25) is 0 Å². The Labute approximate surface area is 119 Å². The molecule has 0 saturated carbocycles. The molecule has 0 spiro atoms. The van der Waals surface area contributed by atoms with Crippen molar-refractivity contribution in [2.24, 2.45) is 0 Å². The summed E-state index contributed by atoms with van der Waals surface area (Å²) in [7, 11) is 0. The molecule has 112 valence electrons. The fraction of sp³-hybridized carbons (Fsp3) is 0.250. The van der Waals surface area contributed by atoms with E-state index < -0.39 is 23.7 Å². The fourth-order valence-corrected chi connectivity index (χ4v) is 2.23. The summed E-state index contributed by atoms with van der Waals surface area (Å²) in [5.74, 6) is -0.501. The Kier molecular flexibility index (Phi) is 4.05. The highest BCUT2D eigenvalue weighted by molar-refractivity contribution is 5.41. The third kappa shape index (κ3) is 3.24. The van der Waals surface area contributed by atoms with E-state index in [-0.39, 0.29) is 0 Å². The highest BCUT2D eigenvalue weighted by Gasteiger charge is 2.31. The van der Waals surface area contributed by atoms with Crippen LogP contribution in [0.4, 0.5) is 17.6 Å². The Morgan fingerprint density at radius 3 is 2.14 bits per heavy atom. The van der Waals surface area contributed by atoms with Crippen LogP contribution in [-0.4, -0.2) is 5.11 Å². The predicted octanol–water partition coefficient (Wildman–Crippen LogP) is 4.54. The van der Waals surface area contributed by atoms with Gasteiger partial charge >= 0.3 is 6.18 Å². The molecule has 1 atom stereocenters. The lowest BCUT2D eigenvalue weighted by atomic mass is 9.93. The van der Waals surface area contributed by atoms with Crippen LogP contribution in [-0.2, 0) is 6.18 Å². The molecule has 0 heterocycles. The first-order chi connectivity index (χ1) is 9.70. The van der Waals surface area contributed by atoms with Crippen LogP contribution >= 0.6 is 0 Å². The van der Waals surface area contributed by atoms with Crippen molar-refractivity contribution in [3.05, 3.63) is 70.0 Å². The van der Waals surface area contributed by atoms with Gasteiger partial charge in [-0.05, 0) is 60.4 Å². The molecule has 5 heteroatoms. The minimum absolute atomic E-state index is 0.306. The van der Waals surface area contributed by atoms with Crippen LogP contribution in [0.5, 0.6) is 0 Å². The van der Waals surface area contributed by atoms with Gasteiger partial charge < -0.3 is 5.11 Å². The van der Waals surface area contributed by atoms with Crippen molar-refractivity contribution >= 4 is 0 Å². The Bertz CT molecular complexity index is 662. The molecule has 0 radical (unpaired) electrons. The second-order valence-corrected chi connectivity index (χ2v) is 4.97. The first kappa shape index (κ1) is 15.5. The monoisotopic (exact) mass is 298 g/mol. The molecule has 21 heavy (non-hydrogen) atoms. The fourth-order valence-electron chi connectivity index (χ4n) is 2.23. The van der Waals surface area contributed by atoms with Gasteiger partial charge in [0.15, 0.2) is 0 Å². The predicted molar refractivity (Wildman–Crippen MR) is 71.4 cm³/mol. The first-order valence-electron chi connectivity index (χ1n) is 6.32. The van der Waals surface area contributed by atoms with E-state index in [1.165, 1.54) is 31.2 Å². The van der Waals surface area contributed by atoms with Crippen molar-refractivity contribution in [2.75, 3.05) is 0 Å². The van der Waals surface area contributed by atoms with Crippen molar-refractivity contribution in [3.63, 3.8) is 0 Å². The summed E-state index contributed by atoms with van der Waals surface area (Å²) in [5, 5.41) is 10.3. The Hall–Kier alpha value is -1.88. The zero-order valence-electron chi connectivity index (χ0n) is 11.5. The van der Waals surface area contributed by atoms with Crippen LogP contribution < -0.4 is 0 Å². The number of hydrogen-bond donors (Lipinski definition) is 1. The maximum Gasteiger partial charge on any atom is 0.416 e. The molecule has 0 saturated heterocycles. The lowest BCUT2D eigenvalue weighted by Gasteiger charge is -2.18. The maximum absolute atomic E-state index is 13.3. The van der Waals surface area contributed by atoms with Gasteiger partial charge in [0.2, 0.25) is 0 Å². The molecule has 0 amide bonds. The van der Waals surface area contributed by atoms with E-state index in [1.54, 1.807) is 6.92 Å². The SMILES string of the molecule is Cc1cc(C(F)(F)F)ccc1C(O)c1cc(F)ccc1C. The van der Waals surface area contributed by atoms with Gasteiger partial charge in [-0.2, -0.15) is 13.2 Å². The van der Waals surface area contributed by atoms with E-state index in [0.29, 0.717) is 22.3 Å². The molecule has 1 N–H and O–H groups in total. The number of aliphatic hydroxyl groups excluding tert-OH is 1. The molecule has 0 aliphatic rings. The third-order valence-corrected chi connectivity index (χ3v) is 3.43. The standard InChI is InChI=1S/C16H14F4O/c1-9-3-5-12(17)8-14(9)15(21)13-6-4-11(7-10(13)2)16(18,19)20/h3-8,15,21H,1-2H3. The molecule has 0 aliphatic heterocycles. The summed E-state index contributed by atoms with van der Waals surface area (Å²) < 4.78 is 51.2. The van der Waals surface area contributed by atoms with E-state index in [9.17, 15) is 22.7 Å². The minimum Gasteiger partial charge on any atom is -0.384 e. The average Bonchev–Trinajstić information content (AvgIpc) is 2.39.